The molecule has 0 radical (unpaired) electrons. The molecule has 1 saturated carbocycles. The Kier molecular flexibility index (Phi) is 6.36. The highest BCUT2D eigenvalue weighted by molar-refractivity contribution is 6.00. The number of piperazine rings is 1. The van der Waals surface area contributed by atoms with Crippen molar-refractivity contribution in [1.29, 1.82) is 0 Å². The maximum Gasteiger partial charge on any atom is 0.300 e. The molecule has 1 aliphatic heterocycles. The maximum atomic E-state index is 15.4. The van der Waals surface area contributed by atoms with E-state index in [4.69, 9.17) is 10.2 Å². The number of para-hydroxylation sites is 2. The molecule has 0 atom stereocenters. The number of likely N-dealkylation sites (N-methyl/N-ethyl adjacent to an activating group) is 1. The summed E-state index contributed by atoms with van der Waals surface area (Å²) in [5.74, 6) is -0.0114. The van der Waals surface area contributed by atoms with Gasteiger partial charge in [0.25, 0.3) is 6.01 Å². The Labute approximate surface area is 231 Å². The van der Waals surface area contributed by atoms with E-state index in [2.05, 4.69) is 47.9 Å². The van der Waals surface area contributed by atoms with Crippen LogP contribution in [-0.2, 0) is 0 Å². The van der Waals surface area contributed by atoms with Crippen LogP contribution < -0.4 is 11.1 Å². The van der Waals surface area contributed by atoms with Gasteiger partial charge in [-0.05, 0) is 62.6 Å². The minimum absolute atomic E-state index is 0.245. The summed E-state index contributed by atoms with van der Waals surface area (Å²) in [5, 5.41) is 3.73. The predicted octanol–water partition coefficient (Wildman–Crippen LogP) is 5.44. The maximum absolute atomic E-state index is 15.4. The van der Waals surface area contributed by atoms with Crippen LogP contribution in [0, 0.1) is 5.82 Å². The van der Waals surface area contributed by atoms with Gasteiger partial charge in [-0.2, -0.15) is 4.98 Å². The molecule has 7 rings (SSSR count). The lowest BCUT2D eigenvalue weighted by Crippen LogP contribution is -2.49. The van der Waals surface area contributed by atoms with Gasteiger partial charge in [0.2, 0.25) is 0 Å². The van der Waals surface area contributed by atoms with Gasteiger partial charge in [0.05, 0.1) is 11.1 Å². The third kappa shape index (κ3) is 4.56. The van der Waals surface area contributed by atoms with Gasteiger partial charge in [0.15, 0.2) is 5.58 Å². The third-order valence-corrected chi connectivity index (χ3v) is 8.57. The fourth-order valence-electron chi connectivity index (χ4n) is 6.32. The molecular formula is C30H33FN8O. The summed E-state index contributed by atoms with van der Waals surface area (Å²) in [6.07, 6.45) is 8.07. The van der Waals surface area contributed by atoms with Crippen molar-refractivity contribution in [3.63, 3.8) is 0 Å². The van der Waals surface area contributed by atoms with Crippen molar-refractivity contribution in [2.75, 3.05) is 44.3 Å². The topological polar surface area (TPSA) is 101 Å². The van der Waals surface area contributed by atoms with Gasteiger partial charge < -0.3 is 24.9 Å². The van der Waals surface area contributed by atoms with E-state index in [0.29, 0.717) is 29.0 Å². The smallest absolute Gasteiger partial charge is 0.300 e. The molecule has 9 nitrogen and oxygen atoms in total. The number of hydrogen-bond donors (Lipinski definition) is 2. The molecule has 0 spiro atoms. The average molecular weight is 541 g/mol. The lowest BCUT2D eigenvalue weighted by Gasteiger charge is -2.41. The van der Waals surface area contributed by atoms with Crippen molar-refractivity contribution in [3.05, 3.63) is 60.8 Å². The van der Waals surface area contributed by atoms with E-state index in [-0.39, 0.29) is 11.7 Å². The van der Waals surface area contributed by atoms with E-state index in [1.54, 1.807) is 6.07 Å². The Morgan fingerprint density at radius 1 is 0.975 bits per heavy atom. The van der Waals surface area contributed by atoms with E-state index in [1.807, 2.05) is 30.3 Å². The summed E-state index contributed by atoms with van der Waals surface area (Å²) in [6.45, 7) is 4.58. The van der Waals surface area contributed by atoms with E-state index in [9.17, 15) is 0 Å². The Balaban J connectivity index is 1.15. The zero-order valence-electron chi connectivity index (χ0n) is 22.6. The monoisotopic (exact) mass is 540 g/mol. The molecule has 206 valence electrons. The lowest BCUT2D eigenvalue weighted by atomic mass is 9.89. The van der Waals surface area contributed by atoms with Gasteiger partial charge in [-0.3, -0.25) is 4.90 Å². The number of anilines is 3. The SMILES string of the molecule is CN1CCN([C@H]2CC[C@@H](n3cc(-c4ccc(Nc5nc6ccccc6o5)c(F)c4)c4c(N)ncnc43)CC2)CC1. The summed E-state index contributed by atoms with van der Waals surface area (Å²) in [5.41, 5.74) is 10.4. The van der Waals surface area contributed by atoms with Crippen LogP contribution in [0.25, 0.3) is 33.3 Å². The summed E-state index contributed by atoms with van der Waals surface area (Å²) >= 11 is 0. The van der Waals surface area contributed by atoms with Gasteiger partial charge in [-0.15, -0.1) is 0 Å². The quantitative estimate of drug-likeness (QED) is 0.304. The molecule has 1 aliphatic carbocycles. The molecule has 0 amide bonds. The van der Waals surface area contributed by atoms with Crippen molar-refractivity contribution >= 4 is 39.7 Å². The highest BCUT2D eigenvalue weighted by Gasteiger charge is 2.30. The highest BCUT2D eigenvalue weighted by Crippen LogP contribution is 2.39. The van der Waals surface area contributed by atoms with Crippen LogP contribution in [0.1, 0.15) is 31.7 Å². The Morgan fingerprint density at radius 2 is 1.75 bits per heavy atom. The Morgan fingerprint density at radius 3 is 2.52 bits per heavy atom. The third-order valence-electron chi connectivity index (χ3n) is 8.57. The van der Waals surface area contributed by atoms with Gasteiger partial charge in [0.1, 0.15) is 29.1 Å². The van der Waals surface area contributed by atoms with E-state index < -0.39 is 5.82 Å². The van der Waals surface area contributed by atoms with Crippen LogP contribution >= 0.6 is 0 Å². The minimum atomic E-state index is -0.413. The first-order valence-electron chi connectivity index (χ1n) is 14.0. The van der Waals surface area contributed by atoms with Crippen molar-refractivity contribution in [3.8, 4) is 11.1 Å². The zero-order valence-corrected chi connectivity index (χ0v) is 22.6. The number of nitrogens with one attached hydrogen (secondary N) is 1. The number of benzene rings is 2. The highest BCUT2D eigenvalue weighted by atomic mass is 19.1. The minimum Gasteiger partial charge on any atom is -0.423 e. The fourth-order valence-corrected chi connectivity index (χ4v) is 6.32. The zero-order chi connectivity index (χ0) is 27.2. The van der Waals surface area contributed by atoms with Gasteiger partial charge in [-0.1, -0.05) is 18.2 Å². The van der Waals surface area contributed by atoms with Crippen LogP contribution in [0.5, 0.6) is 0 Å². The van der Waals surface area contributed by atoms with E-state index in [1.165, 1.54) is 12.4 Å². The molecule has 1 saturated heterocycles. The number of nitrogens with zero attached hydrogens (tertiary/aromatic N) is 6. The first-order valence-corrected chi connectivity index (χ1v) is 14.0. The molecule has 0 bridgehead atoms. The largest absolute Gasteiger partial charge is 0.423 e. The van der Waals surface area contributed by atoms with Crippen molar-refractivity contribution in [2.45, 2.75) is 37.8 Å². The second-order valence-corrected chi connectivity index (χ2v) is 11.0. The molecule has 40 heavy (non-hydrogen) atoms. The average Bonchev–Trinajstić information content (AvgIpc) is 3.57. The first kappa shape index (κ1) is 25.0. The molecule has 3 aromatic heterocycles. The summed E-state index contributed by atoms with van der Waals surface area (Å²) < 4.78 is 23.3. The molecule has 10 heteroatoms. The number of aromatic nitrogens is 4. The molecular weight excluding hydrogens is 507 g/mol. The van der Waals surface area contributed by atoms with Gasteiger partial charge >= 0.3 is 0 Å². The Hall–Kier alpha value is -4.02. The number of rotatable bonds is 5. The Bertz CT molecular complexity index is 1630. The number of oxazole rings is 1. The van der Waals surface area contributed by atoms with Crippen LogP contribution in [0.2, 0.25) is 0 Å². The molecule has 2 fully saturated rings. The number of fused-ring (bicyclic) bond motifs is 2. The van der Waals surface area contributed by atoms with Crippen LogP contribution in [0.15, 0.2) is 59.4 Å². The number of nitrogen functional groups attached to an aromatic ring is 1. The molecule has 0 unspecified atom stereocenters. The second kappa shape index (κ2) is 10.2. The molecule has 5 aromatic rings. The molecule has 4 heterocycles. The van der Waals surface area contributed by atoms with Crippen LogP contribution in [0.3, 0.4) is 0 Å². The predicted molar refractivity (Wildman–Crippen MR) is 155 cm³/mol. The molecule has 2 aliphatic rings. The molecule has 3 N–H and O–H groups in total. The number of nitrogens with two attached hydrogens (primary N) is 1. The first-order chi connectivity index (χ1) is 19.5. The number of hydrogen-bond acceptors (Lipinski definition) is 8. The molecule has 2 aromatic carbocycles. The summed E-state index contributed by atoms with van der Waals surface area (Å²) in [7, 11) is 2.20. The normalized spacial score (nSPS) is 20.9. The van der Waals surface area contributed by atoms with Crippen LogP contribution in [0.4, 0.5) is 21.9 Å². The van der Waals surface area contributed by atoms with Crippen molar-refractivity contribution in [1.82, 2.24) is 29.3 Å². The number of halogens is 1. The van der Waals surface area contributed by atoms with E-state index >= 15 is 4.39 Å². The second-order valence-electron chi connectivity index (χ2n) is 11.0. The van der Waals surface area contributed by atoms with E-state index in [0.717, 1.165) is 74.0 Å². The van der Waals surface area contributed by atoms with Gasteiger partial charge in [-0.25, -0.2) is 14.4 Å². The fraction of sp³-hybridized carbons (Fsp3) is 0.367. The van der Waals surface area contributed by atoms with Crippen molar-refractivity contribution < 1.29 is 8.81 Å². The summed E-state index contributed by atoms with van der Waals surface area (Å²) in [4.78, 5) is 18.3. The van der Waals surface area contributed by atoms with Crippen molar-refractivity contribution in [2.24, 2.45) is 0 Å². The van der Waals surface area contributed by atoms with Gasteiger partial charge in [0, 0.05) is 50.0 Å². The standard InChI is InChI=1S/C30H33FN8O/c1-37-12-14-38(15-13-37)20-7-9-21(10-8-20)39-17-22(27-28(32)33-18-34-29(27)39)19-6-11-24(23(31)16-19)35-30-36-25-4-2-3-5-26(25)40-30/h2-6,11,16-18,20-21H,7-10,12-15H2,1H3,(H,35,36)(H2,32,33,34)/t20-,21+. The van der Waals surface area contributed by atoms with Crippen LogP contribution in [-0.4, -0.2) is 68.6 Å². The lowest BCUT2D eigenvalue weighted by molar-refractivity contribution is 0.0828. The summed E-state index contributed by atoms with van der Waals surface area (Å²) in [6, 6.07) is 13.7.